The van der Waals surface area contributed by atoms with Crippen molar-refractivity contribution in [3.63, 3.8) is 0 Å². The Morgan fingerprint density at radius 2 is 2.00 bits per heavy atom. The lowest BCUT2D eigenvalue weighted by Crippen LogP contribution is -1.98. The van der Waals surface area contributed by atoms with Crippen LogP contribution < -0.4 is 0 Å². The molecule has 2 rings (SSSR count). The van der Waals surface area contributed by atoms with Crippen LogP contribution in [0.3, 0.4) is 0 Å². The summed E-state index contributed by atoms with van der Waals surface area (Å²) in [7, 11) is 0. The van der Waals surface area contributed by atoms with Crippen molar-refractivity contribution in [1.29, 1.82) is 0 Å². The molecule has 1 heterocycles. The summed E-state index contributed by atoms with van der Waals surface area (Å²) in [6.45, 7) is 2.83. The SMILES string of the molecule is CCn1cc(C(O)c2ccc(Br)cc2)cn1. The molecule has 2 aromatic rings. The fourth-order valence-corrected chi connectivity index (χ4v) is 1.80. The largest absolute Gasteiger partial charge is 0.384 e. The molecule has 0 spiro atoms. The number of aliphatic hydroxyl groups is 1. The molecule has 84 valence electrons. The first-order valence-electron chi connectivity index (χ1n) is 5.16. The average Bonchev–Trinajstić information content (AvgIpc) is 2.77. The van der Waals surface area contributed by atoms with Gasteiger partial charge in [0.1, 0.15) is 6.10 Å². The highest BCUT2D eigenvalue weighted by Gasteiger charge is 2.11. The lowest BCUT2D eigenvalue weighted by molar-refractivity contribution is 0.220. The van der Waals surface area contributed by atoms with Gasteiger partial charge in [-0.3, -0.25) is 4.68 Å². The summed E-state index contributed by atoms with van der Waals surface area (Å²) < 4.78 is 2.81. The van der Waals surface area contributed by atoms with Gasteiger partial charge in [0.25, 0.3) is 0 Å². The van der Waals surface area contributed by atoms with Gasteiger partial charge >= 0.3 is 0 Å². The topological polar surface area (TPSA) is 38.0 Å². The first-order valence-corrected chi connectivity index (χ1v) is 5.96. The van der Waals surface area contributed by atoms with Gasteiger partial charge in [-0.1, -0.05) is 28.1 Å². The van der Waals surface area contributed by atoms with Crippen molar-refractivity contribution >= 4 is 15.9 Å². The maximum atomic E-state index is 10.1. The van der Waals surface area contributed by atoms with Gasteiger partial charge in [0.2, 0.25) is 0 Å². The Morgan fingerprint density at radius 1 is 1.31 bits per heavy atom. The monoisotopic (exact) mass is 280 g/mol. The van der Waals surface area contributed by atoms with Crippen LogP contribution >= 0.6 is 15.9 Å². The van der Waals surface area contributed by atoms with Crippen molar-refractivity contribution in [2.24, 2.45) is 0 Å². The Bertz CT molecular complexity index is 464. The number of hydrogen-bond acceptors (Lipinski definition) is 2. The van der Waals surface area contributed by atoms with Crippen molar-refractivity contribution < 1.29 is 5.11 Å². The highest BCUT2D eigenvalue weighted by atomic mass is 79.9. The van der Waals surface area contributed by atoms with Crippen LogP contribution in [0.4, 0.5) is 0 Å². The molecule has 1 N–H and O–H groups in total. The van der Waals surface area contributed by atoms with Crippen LogP contribution in [0.5, 0.6) is 0 Å². The number of hydrogen-bond donors (Lipinski definition) is 1. The number of rotatable bonds is 3. The number of halogens is 1. The van der Waals surface area contributed by atoms with Crippen molar-refractivity contribution in [1.82, 2.24) is 9.78 Å². The Kier molecular flexibility index (Phi) is 3.41. The summed E-state index contributed by atoms with van der Waals surface area (Å²) in [4.78, 5) is 0. The van der Waals surface area contributed by atoms with E-state index in [0.29, 0.717) is 0 Å². The van der Waals surface area contributed by atoms with Gasteiger partial charge in [0.15, 0.2) is 0 Å². The van der Waals surface area contributed by atoms with Crippen LogP contribution in [0.15, 0.2) is 41.1 Å². The normalized spacial score (nSPS) is 12.7. The van der Waals surface area contributed by atoms with Crippen LogP contribution in [0.2, 0.25) is 0 Å². The van der Waals surface area contributed by atoms with E-state index < -0.39 is 6.10 Å². The maximum Gasteiger partial charge on any atom is 0.107 e. The minimum Gasteiger partial charge on any atom is -0.384 e. The number of aryl methyl sites for hydroxylation is 1. The average molecular weight is 281 g/mol. The first kappa shape index (κ1) is 11.4. The molecule has 0 bridgehead atoms. The van der Waals surface area contributed by atoms with E-state index in [2.05, 4.69) is 21.0 Å². The summed E-state index contributed by atoms with van der Waals surface area (Å²) in [5.74, 6) is 0. The van der Waals surface area contributed by atoms with Crippen molar-refractivity contribution in [3.8, 4) is 0 Å². The predicted molar refractivity (Wildman–Crippen MR) is 66.1 cm³/mol. The second-order valence-corrected chi connectivity index (χ2v) is 4.50. The molecule has 1 atom stereocenters. The number of aliphatic hydroxyl groups excluding tert-OH is 1. The van der Waals surface area contributed by atoms with Crippen molar-refractivity contribution in [3.05, 3.63) is 52.3 Å². The second kappa shape index (κ2) is 4.80. The molecule has 0 amide bonds. The minimum atomic E-state index is -0.603. The molecule has 1 aromatic heterocycles. The van der Waals surface area contributed by atoms with Crippen LogP contribution in [-0.2, 0) is 6.54 Å². The first-order chi connectivity index (χ1) is 7.70. The fourth-order valence-electron chi connectivity index (χ4n) is 1.53. The predicted octanol–water partition coefficient (Wildman–Crippen LogP) is 2.75. The van der Waals surface area contributed by atoms with Gasteiger partial charge in [-0.25, -0.2) is 0 Å². The van der Waals surface area contributed by atoms with Crippen molar-refractivity contribution in [2.75, 3.05) is 0 Å². The number of benzene rings is 1. The van der Waals surface area contributed by atoms with E-state index in [9.17, 15) is 5.11 Å². The van der Waals surface area contributed by atoms with Gasteiger partial charge in [-0.15, -0.1) is 0 Å². The molecule has 1 aromatic carbocycles. The third-order valence-electron chi connectivity index (χ3n) is 2.48. The highest BCUT2D eigenvalue weighted by molar-refractivity contribution is 9.10. The zero-order valence-corrected chi connectivity index (χ0v) is 10.6. The second-order valence-electron chi connectivity index (χ2n) is 3.58. The summed E-state index contributed by atoms with van der Waals surface area (Å²) in [5, 5.41) is 14.3. The number of aromatic nitrogens is 2. The summed E-state index contributed by atoms with van der Waals surface area (Å²) in [6.07, 6.45) is 2.97. The summed E-state index contributed by atoms with van der Waals surface area (Å²) in [6, 6.07) is 7.64. The van der Waals surface area contributed by atoms with Crippen LogP contribution in [0, 0.1) is 0 Å². The van der Waals surface area contributed by atoms with E-state index in [4.69, 9.17) is 0 Å². The molecule has 0 radical (unpaired) electrons. The maximum absolute atomic E-state index is 10.1. The summed E-state index contributed by atoms with van der Waals surface area (Å²) in [5.41, 5.74) is 1.70. The molecule has 1 unspecified atom stereocenters. The van der Waals surface area contributed by atoms with E-state index in [0.717, 1.165) is 22.1 Å². The third kappa shape index (κ3) is 2.33. The summed E-state index contributed by atoms with van der Waals surface area (Å²) >= 11 is 3.37. The smallest absolute Gasteiger partial charge is 0.107 e. The number of nitrogens with zero attached hydrogens (tertiary/aromatic N) is 2. The molecular weight excluding hydrogens is 268 g/mol. The standard InChI is InChI=1S/C12H13BrN2O/c1-2-15-8-10(7-14-15)12(16)9-3-5-11(13)6-4-9/h3-8,12,16H,2H2,1H3. The molecule has 0 aliphatic heterocycles. The van der Waals surface area contributed by atoms with Crippen LogP contribution in [0.1, 0.15) is 24.2 Å². The highest BCUT2D eigenvalue weighted by Crippen LogP contribution is 2.22. The molecule has 4 heteroatoms. The quantitative estimate of drug-likeness (QED) is 0.939. The minimum absolute atomic E-state index is 0.603. The molecular formula is C12H13BrN2O. The molecule has 0 fully saturated rings. The lowest BCUT2D eigenvalue weighted by atomic mass is 10.1. The van der Waals surface area contributed by atoms with Gasteiger partial charge in [0, 0.05) is 22.8 Å². The molecule has 0 saturated heterocycles. The van der Waals surface area contributed by atoms with Crippen LogP contribution in [0.25, 0.3) is 0 Å². The Hall–Kier alpha value is -1.13. The Labute approximate surface area is 103 Å². The zero-order chi connectivity index (χ0) is 11.5. The molecule has 16 heavy (non-hydrogen) atoms. The molecule has 0 aliphatic rings. The van der Waals surface area contributed by atoms with Gasteiger partial charge < -0.3 is 5.11 Å². The Balaban J connectivity index is 2.24. The molecule has 0 aliphatic carbocycles. The van der Waals surface area contributed by atoms with E-state index in [1.165, 1.54) is 0 Å². The van der Waals surface area contributed by atoms with Gasteiger partial charge in [0.05, 0.1) is 6.20 Å². The van der Waals surface area contributed by atoms with Gasteiger partial charge in [-0.05, 0) is 24.6 Å². The van der Waals surface area contributed by atoms with E-state index in [1.807, 2.05) is 37.4 Å². The molecule has 0 saturated carbocycles. The Morgan fingerprint density at radius 3 is 2.56 bits per heavy atom. The van der Waals surface area contributed by atoms with Crippen molar-refractivity contribution in [2.45, 2.75) is 19.6 Å². The fraction of sp³-hybridized carbons (Fsp3) is 0.250. The van der Waals surface area contributed by atoms with E-state index in [-0.39, 0.29) is 0 Å². The third-order valence-corrected chi connectivity index (χ3v) is 3.01. The van der Waals surface area contributed by atoms with Crippen LogP contribution in [-0.4, -0.2) is 14.9 Å². The zero-order valence-electron chi connectivity index (χ0n) is 8.97. The van der Waals surface area contributed by atoms with E-state index >= 15 is 0 Å². The van der Waals surface area contributed by atoms with E-state index in [1.54, 1.807) is 10.9 Å². The van der Waals surface area contributed by atoms with Gasteiger partial charge in [-0.2, -0.15) is 5.10 Å². The lowest BCUT2D eigenvalue weighted by Gasteiger charge is -2.08. The molecule has 3 nitrogen and oxygen atoms in total.